The molecule has 6 heteroatoms. The molecule has 0 saturated carbocycles. The summed E-state index contributed by atoms with van der Waals surface area (Å²) in [6.07, 6.45) is 1.40. The molecular weight excluding hydrogens is 369 g/mol. The van der Waals surface area contributed by atoms with Crippen molar-refractivity contribution in [3.63, 3.8) is 0 Å². The third-order valence-corrected chi connectivity index (χ3v) is 4.05. The first-order valence-corrected chi connectivity index (χ1v) is 7.18. The molecule has 0 radical (unpaired) electrons. The highest BCUT2D eigenvalue weighted by Gasteiger charge is 2.08. The molecule has 5 nitrogen and oxygen atoms in total. The molecule has 2 aromatic rings. The predicted molar refractivity (Wildman–Crippen MR) is 84.2 cm³/mol. The minimum Gasteiger partial charge on any atom is -0.350 e. The van der Waals surface area contributed by atoms with Crippen molar-refractivity contribution in [2.75, 3.05) is 0 Å². The van der Waals surface area contributed by atoms with Gasteiger partial charge in [-0.3, -0.25) is 14.2 Å². The lowest BCUT2D eigenvalue weighted by Crippen LogP contribution is -2.33. The highest BCUT2D eigenvalue weighted by molar-refractivity contribution is 14.1. The number of hydrogen-bond donors (Lipinski definition) is 1. The average Bonchev–Trinajstić information content (AvgIpc) is 2.47. The average molecular weight is 383 g/mol. The highest BCUT2D eigenvalue weighted by Crippen LogP contribution is 2.01. The second-order valence-corrected chi connectivity index (χ2v) is 5.42. The van der Waals surface area contributed by atoms with Crippen molar-refractivity contribution in [2.45, 2.75) is 20.0 Å². The molecule has 1 aromatic heterocycles. The standard InChI is InChI=1S/C14H14IN3O2/c1-10-13(15)14(20)18(9-17-10)8-12(19)16-7-11-5-3-2-4-6-11/h2-6,9H,7-8H2,1H3,(H,16,19). The van der Waals surface area contributed by atoms with E-state index in [0.29, 0.717) is 15.8 Å². The fourth-order valence-electron chi connectivity index (χ4n) is 1.67. The summed E-state index contributed by atoms with van der Waals surface area (Å²) in [5, 5.41) is 2.78. The first kappa shape index (κ1) is 14.7. The van der Waals surface area contributed by atoms with Gasteiger partial charge in [-0.15, -0.1) is 0 Å². The number of aromatic nitrogens is 2. The summed E-state index contributed by atoms with van der Waals surface area (Å²) in [5.74, 6) is -0.211. The zero-order chi connectivity index (χ0) is 14.5. The van der Waals surface area contributed by atoms with Crippen LogP contribution in [0.25, 0.3) is 0 Å². The van der Waals surface area contributed by atoms with Gasteiger partial charge in [0.2, 0.25) is 5.91 Å². The van der Waals surface area contributed by atoms with Crippen molar-refractivity contribution in [2.24, 2.45) is 0 Å². The summed E-state index contributed by atoms with van der Waals surface area (Å²) in [7, 11) is 0. The lowest BCUT2D eigenvalue weighted by molar-refractivity contribution is -0.121. The van der Waals surface area contributed by atoms with Gasteiger partial charge in [0.05, 0.1) is 15.6 Å². The molecule has 1 amide bonds. The summed E-state index contributed by atoms with van der Waals surface area (Å²) in [6.45, 7) is 2.20. The van der Waals surface area contributed by atoms with E-state index in [9.17, 15) is 9.59 Å². The van der Waals surface area contributed by atoms with E-state index >= 15 is 0 Å². The van der Waals surface area contributed by atoms with Crippen LogP contribution in [0.2, 0.25) is 0 Å². The number of nitrogens with one attached hydrogen (secondary N) is 1. The Morgan fingerprint density at radius 3 is 2.75 bits per heavy atom. The van der Waals surface area contributed by atoms with Crippen molar-refractivity contribution < 1.29 is 4.79 Å². The number of carbonyl (C=O) groups is 1. The van der Waals surface area contributed by atoms with Gasteiger partial charge in [-0.05, 0) is 35.1 Å². The van der Waals surface area contributed by atoms with E-state index in [1.807, 2.05) is 52.9 Å². The first-order valence-electron chi connectivity index (χ1n) is 6.10. The molecule has 0 bridgehead atoms. The molecule has 1 heterocycles. The summed E-state index contributed by atoms with van der Waals surface area (Å²) < 4.78 is 1.86. The molecule has 0 aliphatic carbocycles. The molecule has 104 valence electrons. The molecule has 2 rings (SSSR count). The van der Waals surface area contributed by atoms with Crippen LogP contribution in [0.3, 0.4) is 0 Å². The Balaban J connectivity index is 1.99. The second kappa shape index (κ2) is 6.65. The summed E-state index contributed by atoms with van der Waals surface area (Å²) in [4.78, 5) is 27.9. The molecule has 1 aromatic carbocycles. The Hall–Kier alpha value is -1.70. The Labute approximate surface area is 130 Å². The third kappa shape index (κ3) is 3.66. The lowest BCUT2D eigenvalue weighted by atomic mass is 10.2. The van der Waals surface area contributed by atoms with Crippen molar-refractivity contribution in [3.05, 3.63) is 61.8 Å². The third-order valence-electron chi connectivity index (χ3n) is 2.80. The normalized spacial score (nSPS) is 10.3. The molecule has 20 heavy (non-hydrogen) atoms. The molecule has 0 saturated heterocycles. The number of hydrogen-bond acceptors (Lipinski definition) is 3. The van der Waals surface area contributed by atoms with Gasteiger partial charge in [-0.25, -0.2) is 4.98 Å². The van der Waals surface area contributed by atoms with Crippen LogP contribution < -0.4 is 10.9 Å². The van der Waals surface area contributed by atoms with Gasteiger partial charge in [0.15, 0.2) is 0 Å². The molecule has 1 N–H and O–H groups in total. The minimum atomic E-state index is -0.211. The van der Waals surface area contributed by atoms with E-state index in [1.165, 1.54) is 10.9 Å². The topological polar surface area (TPSA) is 64.0 Å². The zero-order valence-corrected chi connectivity index (χ0v) is 13.1. The van der Waals surface area contributed by atoms with Gasteiger partial charge in [0.1, 0.15) is 6.54 Å². The fourth-order valence-corrected chi connectivity index (χ4v) is 2.12. The van der Waals surface area contributed by atoms with E-state index in [2.05, 4.69) is 10.3 Å². The van der Waals surface area contributed by atoms with E-state index in [0.717, 1.165) is 5.56 Å². The van der Waals surface area contributed by atoms with E-state index < -0.39 is 0 Å². The Bertz CT molecular complexity index is 668. The summed E-state index contributed by atoms with van der Waals surface area (Å²) >= 11 is 1.94. The van der Waals surface area contributed by atoms with Crippen molar-refractivity contribution in [1.29, 1.82) is 0 Å². The smallest absolute Gasteiger partial charge is 0.267 e. The molecule has 0 fully saturated rings. The van der Waals surface area contributed by atoms with E-state index in [1.54, 1.807) is 6.92 Å². The van der Waals surface area contributed by atoms with Crippen LogP contribution in [0.4, 0.5) is 0 Å². The van der Waals surface area contributed by atoms with Crippen LogP contribution in [-0.4, -0.2) is 15.5 Å². The van der Waals surface area contributed by atoms with Crippen LogP contribution in [0.15, 0.2) is 41.5 Å². The highest BCUT2D eigenvalue weighted by atomic mass is 127. The van der Waals surface area contributed by atoms with Crippen LogP contribution in [-0.2, 0) is 17.9 Å². The number of benzene rings is 1. The maximum atomic E-state index is 11.9. The number of aryl methyl sites for hydroxylation is 1. The number of halogens is 1. The van der Waals surface area contributed by atoms with Crippen LogP contribution >= 0.6 is 22.6 Å². The van der Waals surface area contributed by atoms with Crippen molar-refractivity contribution >= 4 is 28.5 Å². The first-order chi connectivity index (χ1) is 9.58. The van der Waals surface area contributed by atoms with Crippen LogP contribution in [0.1, 0.15) is 11.3 Å². The maximum Gasteiger partial charge on any atom is 0.267 e. The van der Waals surface area contributed by atoms with Gasteiger partial charge in [0, 0.05) is 6.54 Å². The van der Waals surface area contributed by atoms with Crippen molar-refractivity contribution in [3.8, 4) is 0 Å². The zero-order valence-electron chi connectivity index (χ0n) is 11.0. The molecule has 0 atom stereocenters. The predicted octanol–water partition coefficient (Wildman–Crippen LogP) is 1.47. The number of amides is 1. The minimum absolute atomic E-state index is 0.0189. The Morgan fingerprint density at radius 2 is 2.05 bits per heavy atom. The van der Waals surface area contributed by atoms with Crippen LogP contribution in [0, 0.1) is 10.5 Å². The number of carbonyl (C=O) groups excluding carboxylic acids is 1. The second-order valence-electron chi connectivity index (χ2n) is 4.34. The molecule has 0 aliphatic heterocycles. The van der Waals surface area contributed by atoms with E-state index in [-0.39, 0.29) is 18.0 Å². The number of nitrogens with zero attached hydrogens (tertiary/aromatic N) is 2. The Morgan fingerprint density at radius 1 is 1.35 bits per heavy atom. The fraction of sp³-hybridized carbons (Fsp3) is 0.214. The molecule has 0 unspecified atom stereocenters. The van der Waals surface area contributed by atoms with Gasteiger partial charge >= 0.3 is 0 Å². The largest absolute Gasteiger partial charge is 0.350 e. The van der Waals surface area contributed by atoms with Gasteiger partial charge < -0.3 is 5.32 Å². The van der Waals surface area contributed by atoms with E-state index in [4.69, 9.17) is 0 Å². The Kier molecular flexibility index (Phi) is 4.89. The van der Waals surface area contributed by atoms with Gasteiger partial charge in [-0.2, -0.15) is 0 Å². The maximum absolute atomic E-state index is 11.9. The van der Waals surface area contributed by atoms with Gasteiger partial charge in [-0.1, -0.05) is 30.3 Å². The van der Waals surface area contributed by atoms with Crippen molar-refractivity contribution in [1.82, 2.24) is 14.9 Å². The summed E-state index contributed by atoms with van der Waals surface area (Å²) in [5.41, 5.74) is 1.51. The monoisotopic (exact) mass is 383 g/mol. The quantitative estimate of drug-likeness (QED) is 0.814. The molecule has 0 spiro atoms. The summed E-state index contributed by atoms with van der Waals surface area (Å²) in [6, 6.07) is 9.62. The lowest BCUT2D eigenvalue weighted by Gasteiger charge is -2.08. The number of rotatable bonds is 4. The van der Waals surface area contributed by atoms with Gasteiger partial charge in [0.25, 0.3) is 5.56 Å². The molecular formula is C14H14IN3O2. The molecule has 0 aliphatic rings. The SMILES string of the molecule is Cc1ncn(CC(=O)NCc2ccccc2)c(=O)c1I. The van der Waals surface area contributed by atoms with Crippen LogP contribution in [0.5, 0.6) is 0 Å².